The minimum Gasteiger partial charge on any atom is -0.338 e. The number of nitrogens with one attached hydrogen (secondary N) is 2. The number of hydrogen-bond donors (Lipinski definition) is 2. The number of anilines is 1. The summed E-state index contributed by atoms with van der Waals surface area (Å²) in [5.41, 5.74) is -0.129. The van der Waals surface area contributed by atoms with Crippen molar-refractivity contribution in [3.63, 3.8) is 0 Å². The van der Waals surface area contributed by atoms with Gasteiger partial charge in [0.05, 0.1) is 0 Å². The molecule has 0 spiro atoms. The summed E-state index contributed by atoms with van der Waals surface area (Å²) in [5, 5.41) is 4.71. The molecule has 6 heteroatoms. The Hall–Kier alpha value is -1.72. The normalized spacial score (nSPS) is 10.1. The Morgan fingerprint density at radius 2 is 1.82 bits per heavy atom. The lowest BCUT2D eigenvalue weighted by Crippen LogP contribution is -2.29. The van der Waals surface area contributed by atoms with Crippen LogP contribution in [-0.2, 0) is 0 Å². The number of benzene rings is 1. The van der Waals surface area contributed by atoms with E-state index in [4.69, 9.17) is 0 Å². The predicted octanol–water partition coefficient (Wildman–Crippen LogP) is 3.03. The van der Waals surface area contributed by atoms with Crippen LogP contribution < -0.4 is 10.6 Å². The zero-order valence-electron chi connectivity index (χ0n) is 9.32. The van der Waals surface area contributed by atoms with E-state index in [0.717, 1.165) is 25.0 Å². The van der Waals surface area contributed by atoms with E-state index in [1.54, 1.807) is 0 Å². The Labute approximate surface area is 97.0 Å². The van der Waals surface area contributed by atoms with Gasteiger partial charge in [0, 0.05) is 24.4 Å². The third-order valence-electron chi connectivity index (χ3n) is 2.06. The van der Waals surface area contributed by atoms with Gasteiger partial charge in [-0.25, -0.2) is 18.0 Å². The average molecular weight is 246 g/mol. The Morgan fingerprint density at radius 1 is 1.24 bits per heavy atom. The largest absolute Gasteiger partial charge is 0.338 e. The van der Waals surface area contributed by atoms with Crippen molar-refractivity contribution in [2.24, 2.45) is 0 Å². The number of carbonyl (C=O) groups is 1. The molecule has 1 rings (SSSR count). The average Bonchev–Trinajstić information content (AvgIpc) is 2.26. The molecule has 0 saturated heterocycles. The number of halogens is 3. The first-order chi connectivity index (χ1) is 8.04. The first-order valence-corrected chi connectivity index (χ1v) is 5.24. The molecule has 3 nitrogen and oxygen atoms in total. The van der Waals surface area contributed by atoms with E-state index < -0.39 is 23.5 Å². The maximum atomic E-state index is 12.8. The fourth-order valence-electron chi connectivity index (χ4n) is 1.18. The van der Waals surface area contributed by atoms with Gasteiger partial charge in [0.15, 0.2) is 17.5 Å². The molecule has 0 aliphatic rings. The summed E-state index contributed by atoms with van der Waals surface area (Å²) >= 11 is 0. The molecule has 0 bridgehead atoms. The molecule has 0 heterocycles. The van der Waals surface area contributed by atoms with Crippen molar-refractivity contribution < 1.29 is 18.0 Å². The summed E-state index contributed by atoms with van der Waals surface area (Å²) in [7, 11) is 0. The SMILES string of the molecule is CCCCNC(=O)Nc1cc(F)c(F)c(F)c1. The van der Waals surface area contributed by atoms with Crippen LogP contribution in [0.25, 0.3) is 0 Å². The van der Waals surface area contributed by atoms with E-state index in [-0.39, 0.29) is 5.69 Å². The summed E-state index contributed by atoms with van der Waals surface area (Å²) in [5.74, 6) is -4.23. The summed E-state index contributed by atoms with van der Waals surface area (Å²) < 4.78 is 38.2. The molecule has 0 unspecified atom stereocenters. The number of carbonyl (C=O) groups excluding carboxylic acids is 1. The first kappa shape index (κ1) is 13.3. The minimum absolute atomic E-state index is 0.129. The van der Waals surface area contributed by atoms with Crippen LogP contribution >= 0.6 is 0 Å². The smallest absolute Gasteiger partial charge is 0.319 e. The molecular weight excluding hydrogens is 233 g/mol. The summed E-state index contributed by atoms with van der Waals surface area (Å²) in [6.45, 7) is 2.43. The molecule has 0 radical (unpaired) electrons. The number of unbranched alkanes of at least 4 members (excludes halogenated alkanes) is 1. The van der Waals surface area contributed by atoms with Crippen LogP contribution in [0.4, 0.5) is 23.7 Å². The van der Waals surface area contributed by atoms with Gasteiger partial charge < -0.3 is 10.6 Å². The Kier molecular flexibility index (Phi) is 4.81. The molecular formula is C11H13F3N2O. The van der Waals surface area contributed by atoms with Crippen molar-refractivity contribution in [1.29, 1.82) is 0 Å². The Bertz CT molecular complexity index is 387. The van der Waals surface area contributed by atoms with Crippen LogP contribution in [0.5, 0.6) is 0 Å². The van der Waals surface area contributed by atoms with Gasteiger partial charge in [-0.1, -0.05) is 13.3 Å². The van der Waals surface area contributed by atoms with Crippen molar-refractivity contribution in [2.75, 3.05) is 11.9 Å². The van der Waals surface area contributed by atoms with Crippen LogP contribution in [0, 0.1) is 17.5 Å². The lowest BCUT2D eigenvalue weighted by Gasteiger charge is -2.07. The summed E-state index contributed by atoms with van der Waals surface area (Å²) in [6.07, 6.45) is 1.72. The van der Waals surface area contributed by atoms with Crippen LogP contribution in [-0.4, -0.2) is 12.6 Å². The molecule has 2 amide bonds. The Morgan fingerprint density at radius 3 is 2.35 bits per heavy atom. The molecule has 17 heavy (non-hydrogen) atoms. The second kappa shape index (κ2) is 6.12. The maximum Gasteiger partial charge on any atom is 0.319 e. The summed E-state index contributed by atoms with van der Waals surface area (Å²) in [4.78, 5) is 11.2. The fraction of sp³-hybridized carbons (Fsp3) is 0.364. The first-order valence-electron chi connectivity index (χ1n) is 5.24. The lowest BCUT2D eigenvalue weighted by atomic mass is 10.3. The van der Waals surface area contributed by atoms with E-state index in [0.29, 0.717) is 6.54 Å². The van der Waals surface area contributed by atoms with Crippen molar-refractivity contribution in [3.05, 3.63) is 29.6 Å². The van der Waals surface area contributed by atoms with Gasteiger partial charge in [0.2, 0.25) is 0 Å². The zero-order valence-corrected chi connectivity index (χ0v) is 9.32. The van der Waals surface area contributed by atoms with Crippen LogP contribution in [0.1, 0.15) is 19.8 Å². The van der Waals surface area contributed by atoms with E-state index in [1.165, 1.54) is 0 Å². The molecule has 94 valence electrons. The van der Waals surface area contributed by atoms with Gasteiger partial charge in [0.1, 0.15) is 0 Å². The highest BCUT2D eigenvalue weighted by Crippen LogP contribution is 2.17. The number of rotatable bonds is 4. The van der Waals surface area contributed by atoms with Crippen molar-refractivity contribution in [1.82, 2.24) is 5.32 Å². The van der Waals surface area contributed by atoms with Crippen LogP contribution in [0.2, 0.25) is 0 Å². The van der Waals surface area contributed by atoms with E-state index in [9.17, 15) is 18.0 Å². The molecule has 0 aromatic heterocycles. The lowest BCUT2D eigenvalue weighted by molar-refractivity contribution is 0.252. The standard InChI is InChI=1S/C11H13F3N2O/c1-2-3-4-15-11(17)16-7-5-8(12)10(14)9(13)6-7/h5-6H,2-4H2,1H3,(H2,15,16,17). The summed E-state index contributed by atoms with van der Waals surface area (Å²) in [6, 6.07) is 0.860. The molecule has 0 aliphatic carbocycles. The maximum absolute atomic E-state index is 12.8. The van der Waals surface area contributed by atoms with E-state index in [2.05, 4.69) is 10.6 Å². The monoisotopic (exact) mass is 246 g/mol. The molecule has 0 atom stereocenters. The molecule has 1 aromatic carbocycles. The highest BCUT2D eigenvalue weighted by atomic mass is 19.2. The van der Waals surface area contributed by atoms with Crippen molar-refractivity contribution in [2.45, 2.75) is 19.8 Å². The third kappa shape index (κ3) is 3.97. The van der Waals surface area contributed by atoms with Gasteiger partial charge in [0.25, 0.3) is 0 Å². The van der Waals surface area contributed by atoms with Gasteiger partial charge in [-0.2, -0.15) is 0 Å². The van der Waals surface area contributed by atoms with E-state index in [1.807, 2.05) is 6.92 Å². The molecule has 2 N–H and O–H groups in total. The fourth-order valence-corrected chi connectivity index (χ4v) is 1.18. The molecule has 0 saturated carbocycles. The van der Waals surface area contributed by atoms with Gasteiger partial charge in [-0.15, -0.1) is 0 Å². The molecule has 1 aromatic rings. The van der Waals surface area contributed by atoms with Gasteiger partial charge >= 0.3 is 6.03 Å². The second-order valence-corrected chi connectivity index (χ2v) is 3.49. The second-order valence-electron chi connectivity index (χ2n) is 3.49. The predicted molar refractivity (Wildman–Crippen MR) is 58.2 cm³/mol. The topological polar surface area (TPSA) is 41.1 Å². The van der Waals surface area contributed by atoms with Crippen LogP contribution in [0.15, 0.2) is 12.1 Å². The van der Waals surface area contributed by atoms with Gasteiger partial charge in [-0.3, -0.25) is 0 Å². The Balaban J connectivity index is 2.60. The molecule has 0 aliphatic heterocycles. The van der Waals surface area contributed by atoms with Gasteiger partial charge in [-0.05, 0) is 6.42 Å². The van der Waals surface area contributed by atoms with Crippen molar-refractivity contribution >= 4 is 11.7 Å². The quantitative estimate of drug-likeness (QED) is 0.622. The van der Waals surface area contributed by atoms with Crippen molar-refractivity contribution in [3.8, 4) is 0 Å². The highest BCUT2D eigenvalue weighted by Gasteiger charge is 2.11. The zero-order chi connectivity index (χ0) is 12.8. The number of urea groups is 1. The van der Waals surface area contributed by atoms with E-state index >= 15 is 0 Å². The molecule has 0 fully saturated rings. The third-order valence-corrected chi connectivity index (χ3v) is 2.06. The number of hydrogen-bond acceptors (Lipinski definition) is 1. The van der Waals surface area contributed by atoms with Crippen LogP contribution in [0.3, 0.4) is 0 Å². The highest BCUT2D eigenvalue weighted by molar-refractivity contribution is 5.89. The minimum atomic E-state index is -1.55. The number of amides is 2.